The van der Waals surface area contributed by atoms with Crippen molar-refractivity contribution in [3.8, 4) is 0 Å². The summed E-state index contributed by atoms with van der Waals surface area (Å²) in [6, 6.07) is 0.737. The largest absolute Gasteiger partial charge is 0.327 e. The fraction of sp³-hybridized carbons (Fsp3) is 0.833. The molecule has 0 aliphatic carbocycles. The molecule has 3 heteroatoms. The summed E-state index contributed by atoms with van der Waals surface area (Å²) in [4.78, 5) is 0. The number of rotatable bonds is 20. The lowest BCUT2D eigenvalue weighted by Gasteiger charge is -2.16. The highest BCUT2D eigenvalue weighted by Crippen LogP contribution is 2.07. The van der Waals surface area contributed by atoms with Crippen molar-refractivity contribution in [1.82, 2.24) is 10.6 Å². The molecule has 0 heterocycles. The van der Waals surface area contributed by atoms with Gasteiger partial charge in [-0.15, -0.1) is 0 Å². The summed E-state index contributed by atoms with van der Waals surface area (Å²) in [6.07, 6.45) is 25.1. The summed E-state index contributed by atoms with van der Waals surface area (Å²) in [5.41, 5.74) is 5.75. The van der Waals surface area contributed by atoms with Crippen molar-refractivity contribution in [2.24, 2.45) is 5.73 Å². The predicted octanol–water partition coefficient (Wildman–Crippen LogP) is 5.71. The second kappa shape index (κ2) is 21.7. The molecule has 0 aliphatic heterocycles. The Labute approximate surface area is 170 Å². The van der Waals surface area contributed by atoms with E-state index in [4.69, 9.17) is 5.73 Å². The average molecular weight is 380 g/mol. The molecule has 160 valence electrons. The maximum absolute atomic E-state index is 5.75. The SMILES string of the molecule is CCCCCC=CCC=CCCCCCCCCNCC(C)NCC(C)N. The molecule has 2 unspecified atom stereocenters. The lowest BCUT2D eigenvalue weighted by Crippen LogP contribution is -2.41. The molecule has 0 fully saturated rings. The van der Waals surface area contributed by atoms with E-state index in [1.54, 1.807) is 0 Å². The molecule has 0 saturated heterocycles. The van der Waals surface area contributed by atoms with Gasteiger partial charge in [0.2, 0.25) is 0 Å². The Bertz CT molecular complexity index is 337. The van der Waals surface area contributed by atoms with E-state index in [0.717, 1.165) is 26.1 Å². The fourth-order valence-corrected chi connectivity index (χ4v) is 3.02. The first-order chi connectivity index (χ1) is 13.2. The van der Waals surface area contributed by atoms with Crippen molar-refractivity contribution in [3.05, 3.63) is 24.3 Å². The van der Waals surface area contributed by atoms with E-state index in [1.165, 1.54) is 70.6 Å². The van der Waals surface area contributed by atoms with Crippen LogP contribution in [0.3, 0.4) is 0 Å². The van der Waals surface area contributed by atoms with E-state index in [-0.39, 0.29) is 6.04 Å². The van der Waals surface area contributed by atoms with Gasteiger partial charge in [0.25, 0.3) is 0 Å². The molecule has 0 aliphatic rings. The molecule has 0 bridgehead atoms. The van der Waals surface area contributed by atoms with Crippen LogP contribution in [0.4, 0.5) is 0 Å². The first-order valence-electron chi connectivity index (χ1n) is 11.7. The van der Waals surface area contributed by atoms with Crippen molar-refractivity contribution in [2.45, 2.75) is 110 Å². The first kappa shape index (κ1) is 26.4. The third-order valence-corrected chi connectivity index (χ3v) is 4.79. The molecular formula is C24H49N3. The van der Waals surface area contributed by atoms with Gasteiger partial charge in [0.15, 0.2) is 0 Å². The molecule has 27 heavy (non-hydrogen) atoms. The molecule has 0 aromatic carbocycles. The summed E-state index contributed by atoms with van der Waals surface area (Å²) in [6.45, 7) is 9.58. The molecule has 0 radical (unpaired) electrons. The second-order valence-corrected chi connectivity index (χ2v) is 8.07. The van der Waals surface area contributed by atoms with E-state index in [1.807, 2.05) is 6.92 Å². The van der Waals surface area contributed by atoms with Crippen LogP contribution in [-0.2, 0) is 0 Å². The number of nitrogens with one attached hydrogen (secondary N) is 2. The molecule has 0 saturated carbocycles. The lowest BCUT2D eigenvalue weighted by molar-refractivity contribution is 0.475. The minimum Gasteiger partial charge on any atom is -0.327 e. The average Bonchev–Trinajstić information content (AvgIpc) is 2.65. The van der Waals surface area contributed by atoms with Gasteiger partial charge < -0.3 is 16.4 Å². The second-order valence-electron chi connectivity index (χ2n) is 8.07. The van der Waals surface area contributed by atoms with Crippen LogP contribution in [0.15, 0.2) is 24.3 Å². The monoisotopic (exact) mass is 379 g/mol. The third kappa shape index (κ3) is 23.3. The van der Waals surface area contributed by atoms with Crippen LogP contribution in [0.2, 0.25) is 0 Å². The van der Waals surface area contributed by atoms with Crippen LogP contribution in [0.1, 0.15) is 97.8 Å². The van der Waals surface area contributed by atoms with Crippen LogP contribution in [0, 0.1) is 0 Å². The predicted molar refractivity (Wildman–Crippen MR) is 123 cm³/mol. The van der Waals surface area contributed by atoms with Crippen LogP contribution in [0.5, 0.6) is 0 Å². The molecule has 3 nitrogen and oxygen atoms in total. The highest BCUT2D eigenvalue weighted by Gasteiger charge is 2.01. The van der Waals surface area contributed by atoms with Crippen LogP contribution in [0.25, 0.3) is 0 Å². The third-order valence-electron chi connectivity index (χ3n) is 4.79. The van der Waals surface area contributed by atoms with Gasteiger partial charge in [-0.25, -0.2) is 0 Å². The minimum absolute atomic E-state index is 0.236. The van der Waals surface area contributed by atoms with E-state index in [0.29, 0.717) is 6.04 Å². The van der Waals surface area contributed by atoms with E-state index in [2.05, 4.69) is 48.8 Å². The van der Waals surface area contributed by atoms with Gasteiger partial charge in [-0.2, -0.15) is 0 Å². The fourth-order valence-electron chi connectivity index (χ4n) is 3.02. The summed E-state index contributed by atoms with van der Waals surface area (Å²) >= 11 is 0. The molecular weight excluding hydrogens is 330 g/mol. The molecule has 0 spiro atoms. The number of nitrogens with two attached hydrogens (primary N) is 1. The van der Waals surface area contributed by atoms with E-state index >= 15 is 0 Å². The Kier molecular flexibility index (Phi) is 21.1. The maximum atomic E-state index is 5.75. The Morgan fingerprint density at radius 3 is 1.96 bits per heavy atom. The van der Waals surface area contributed by atoms with Crippen LogP contribution in [-0.4, -0.2) is 31.7 Å². The summed E-state index contributed by atoms with van der Waals surface area (Å²) in [5, 5.41) is 6.98. The Hall–Kier alpha value is -0.640. The number of hydrogen-bond acceptors (Lipinski definition) is 3. The van der Waals surface area contributed by atoms with Crippen molar-refractivity contribution in [3.63, 3.8) is 0 Å². The van der Waals surface area contributed by atoms with Crippen LogP contribution >= 0.6 is 0 Å². The Balaban J connectivity index is 3.21. The summed E-state index contributed by atoms with van der Waals surface area (Å²) in [7, 11) is 0. The molecule has 2 atom stereocenters. The minimum atomic E-state index is 0.236. The first-order valence-corrected chi connectivity index (χ1v) is 11.7. The quantitative estimate of drug-likeness (QED) is 0.187. The summed E-state index contributed by atoms with van der Waals surface area (Å²) < 4.78 is 0. The zero-order valence-electron chi connectivity index (χ0n) is 18.6. The molecule has 0 amide bonds. The van der Waals surface area contributed by atoms with Gasteiger partial charge in [0.05, 0.1) is 0 Å². The van der Waals surface area contributed by atoms with Crippen LogP contribution < -0.4 is 16.4 Å². The smallest absolute Gasteiger partial charge is 0.0164 e. The molecule has 4 N–H and O–H groups in total. The highest BCUT2D eigenvalue weighted by atomic mass is 15.0. The van der Waals surface area contributed by atoms with Gasteiger partial charge in [0, 0.05) is 25.2 Å². The Morgan fingerprint density at radius 2 is 1.33 bits per heavy atom. The Morgan fingerprint density at radius 1 is 0.741 bits per heavy atom. The molecule has 0 aromatic heterocycles. The lowest BCUT2D eigenvalue weighted by atomic mass is 10.1. The topological polar surface area (TPSA) is 50.1 Å². The maximum Gasteiger partial charge on any atom is 0.0164 e. The molecule has 0 aromatic rings. The van der Waals surface area contributed by atoms with Gasteiger partial charge in [-0.05, 0) is 58.9 Å². The van der Waals surface area contributed by atoms with Crippen molar-refractivity contribution in [2.75, 3.05) is 19.6 Å². The standard InChI is InChI=1S/C24H49N3/c1-4-5-6-7-8-9-10-11-12-13-14-15-16-17-18-19-20-26-22-24(3)27-21-23(2)25/h8-9,11-12,23-24,26-27H,4-7,10,13-22,25H2,1-3H3. The zero-order valence-corrected chi connectivity index (χ0v) is 18.6. The zero-order chi connectivity index (χ0) is 20.0. The number of unbranched alkanes of at least 4 members (excludes halogenated alkanes) is 9. The van der Waals surface area contributed by atoms with Crippen molar-refractivity contribution < 1.29 is 0 Å². The summed E-state index contributed by atoms with van der Waals surface area (Å²) in [5.74, 6) is 0. The van der Waals surface area contributed by atoms with E-state index < -0.39 is 0 Å². The van der Waals surface area contributed by atoms with Crippen molar-refractivity contribution >= 4 is 0 Å². The van der Waals surface area contributed by atoms with Gasteiger partial charge in [0.1, 0.15) is 0 Å². The number of allylic oxidation sites excluding steroid dienone is 4. The normalized spacial score (nSPS) is 14.4. The van der Waals surface area contributed by atoms with E-state index in [9.17, 15) is 0 Å². The number of hydrogen-bond donors (Lipinski definition) is 3. The highest BCUT2D eigenvalue weighted by molar-refractivity contribution is 4.92. The molecule has 0 rings (SSSR count). The van der Waals surface area contributed by atoms with Gasteiger partial charge in [-0.1, -0.05) is 69.8 Å². The van der Waals surface area contributed by atoms with Crippen molar-refractivity contribution in [1.29, 1.82) is 0 Å². The van der Waals surface area contributed by atoms with Gasteiger partial charge in [-0.3, -0.25) is 0 Å². The van der Waals surface area contributed by atoms with Gasteiger partial charge >= 0.3 is 0 Å².